The van der Waals surface area contributed by atoms with Crippen LogP contribution in [-0.2, 0) is 20.9 Å². The van der Waals surface area contributed by atoms with Crippen molar-refractivity contribution in [1.82, 2.24) is 9.88 Å². The van der Waals surface area contributed by atoms with E-state index in [1.165, 1.54) is 12.0 Å². The Hall–Kier alpha value is -4.46. The number of aliphatic hydroxyl groups excluding tert-OH is 1. The fraction of sp³-hybridized carbons (Fsp3) is 0.241. The van der Waals surface area contributed by atoms with Crippen LogP contribution >= 0.6 is 0 Å². The Bertz CT molecular complexity index is 1380. The molecule has 0 saturated carbocycles. The number of likely N-dealkylation sites (tertiary alicyclic amines) is 1. The second kappa shape index (κ2) is 10.7. The zero-order valence-corrected chi connectivity index (χ0v) is 21.1. The van der Waals surface area contributed by atoms with Crippen LogP contribution in [0.15, 0.2) is 66.5 Å². The minimum absolute atomic E-state index is 0.0253. The lowest BCUT2D eigenvalue weighted by atomic mass is 9.94. The monoisotopic (exact) mass is 500 g/mol. The molecule has 0 radical (unpaired) electrons. The van der Waals surface area contributed by atoms with Crippen molar-refractivity contribution in [3.63, 3.8) is 0 Å². The summed E-state index contributed by atoms with van der Waals surface area (Å²) in [4.78, 5) is 44.1. The lowest BCUT2D eigenvalue weighted by Crippen LogP contribution is -2.29. The molecule has 1 aliphatic heterocycles. The Morgan fingerprint density at radius 2 is 1.73 bits per heavy atom. The van der Waals surface area contributed by atoms with E-state index in [0.29, 0.717) is 28.0 Å². The smallest absolute Gasteiger partial charge is 0.338 e. The fourth-order valence-corrected chi connectivity index (χ4v) is 4.64. The molecule has 0 bridgehead atoms. The van der Waals surface area contributed by atoms with Crippen molar-refractivity contribution in [3.8, 4) is 5.75 Å². The number of aromatic nitrogens is 1. The first kappa shape index (κ1) is 25.6. The molecule has 37 heavy (non-hydrogen) atoms. The molecule has 1 aromatic heterocycles. The van der Waals surface area contributed by atoms with Crippen molar-refractivity contribution in [2.75, 3.05) is 13.7 Å². The summed E-state index contributed by atoms with van der Waals surface area (Å²) in [6.07, 6.45) is 3.14. The highest BCUT2D eigenvalue weighted by molar-refractivity contribution is 6.46. The molecular formula is C29H28N2O6. The first-order valence-corrected chi connectivity index (χ1v) is 11.9. The molecule has 1 aliphatic rings. The number of benzene rings is 2. The molecule has 1 N–H and O–H groups in total. The van der Waals surface area contributed by atoms with Crippen LogP contribution in [-0.4, -0.2) is 46.4 Å². The summed E-state index contributed by atoms with van der Waals surface area (Å²) in [5, 5.41) is 11.5. The van der Waals surface area contributed by atoms with Gasteiger partial charge in [-0.3, -0.25) is 14.6 Å². The van der Waals surface area contributed by atoms with Gasteiger partial charge < -0.3 is 19.5 Å². The summed E-state index contributed by atoms with van der Waals surface area (Å²) in [5.74, 6) is -1.83. The van der Waals surface area contributed by atoms with Gasteiger partial charge in [-0.2, -0.15) is 0 Å². The number of hydrogen-bond donors (Lipinski definition) is 1. The lowest BCUT2D eigenvalue weighted by molar-refractivity contribution is -0.140. The molecule has 1 fully saturated rings. The molecule has 2 aromatic carbocycles. The van der Waals surface area contributed by atoms with Crippen molar-refractivity contribution in [1.29, 1.82) is 0 Å². The number of ether oxygens (including phenoxy) is 2. The van der Waals surface area contributed by atoms with Gasteiger partial charge in [-0.15, -0.1) is 0 Å². The fourth-order valence-electron chi connectivity index (χ4n) is 4.64. The number of pyridine rings is 1. The molecule has 3 aromatic rings. The molecule has 8 nitrogen and oxygen atoms in total. The third-order valence-corrected chi connectivity index (χ3v) is 6.26. The van der Waals surface area contributed by atoms with Crippen LogP contribution in [0.25, 0.3) is 5.76 Å². The molecule has 1 amide bonds. The van der Waals surface area contributed by atoms with Gasteiger partial charge in [-0.25, -0.2) is 4.79 Å². The van der Waals surface area contributed by atoms with Gasteiger partial charge in [0.1, 0.15) is 11.5 Å². The van der Waals surface area contributed by atoms with Crippen LogP contribution < -0.4 is 4.74 Å². The van der Waals surface area contributed by atoms with Gasteiger partial charge in [0.05, 0.1) is 36.5 Å². The predicted molar refractivity (Wildman–Crippen MR) is 137 cm³/mol. The Morgan fingerprint density at radius 3 is 2.35 bits per heavy atom. The number of carbonyl (C=O) groups excluding carboxylic acids is 3. The van der Waals surface area contributed by atoms with Crippen molar-refractivity contribution < 1.29 is 29.0 Å². The molecule has 4 rings (SSSR count). The number of amides is 1. The Balaban J connectivity index is 1.81. The van der Waals surface area contributed by atoms with Crippen molar-refractivity contribution in [3.05, 3.63) is 99.9 Å². The van der Waals surface area contributed by atoms with E-state index in [2.05, 4.69) is 4.98 Å². The van der Waals surface area contributed by atoms with Crippen molar-refractivity contribution in [2.45, 2.75) is 33.4 Å². The zero-order valence-electron chi connectivity index (χ0n) is 21.1. The van der Waals surface area contributed by atoms with Crippen molar-refractivity contribution in [2.24, 2.45) is 0 Å². The number of carbonyl (C=O) groups is 3. The minimum atomic E-state index is -0.849. The van der Waals surface area contributed by atoms with Gasteiger partial charge in [-0.1, -0.05) is 18.2 Å². The SMILES string of the molecule is CCOC(=O)c1ccc(CN2C(=O)C(=O)/C(=C(/O)c3cc(C)cc(C)c3OC)C2c2ccncc2)cc1. The summed E-state index contributed by atoms with van der Waals surface area (Å²) in [6.45, 7) is 5.81. The van der Waals surface area contributed by atoms with Crippen LogP contribution in [0, 0.1) is 13.8 Å². The molecular weight excluding hydrogens is 472 g/mol. The number of ketones is 1. The van der Waals surface area contributed by atoms with Gasteiger partial charge in [-0.05, 0) is 73.4 Å². The van der Waals surface area contributed by atoms with Gasteiger partial charge >= 0.3 is 5.97 Å². The lowest BCUT2D eigenvalue weighted by Gasteiger charge is -2.25. The largest absolute Gasteiger partial charge is 0.507 e. The third-order valence-electron chi connectivity index (χ3n) is 6.26. The van der Waals surface area contributed by atoms with Gasteiger partial charge in [0.2, 0.25) is 0 Å². The quantitative estimate of drug-likeness (QED) is 0.220. The molecule has 1 saturated heterocycles. The van der Waals surface area contributed by atoms with E-state index in [-0.39, 0.29) is 24.5 Å². The standard InChI is InChI=1S/C29H28N2O6/c1-5-37-29(35)21-8-6-19(7-9-21)16-31-24(20-10-12-30-13-11-20)23(26(33)28(31)34)25(32)22-15-17(2)14-18(3)27(22)36-4/h6-15,24,32H,5,16H2,1-4H3/b25-23+. The van der Waals surface area contributed by atoms with E-state index in [0.717, 1.165) is 11.1 Å². The second-order valence-electron chi connectivity index (χ2n) is 8.79. The summed E-state index contributed by atoms with van der Waals surface area (Å²) in [7, 11) is 1.49. The highest BCUT2D eigenvalue weighted by Crippen LogP contribution is 2.42. The highest BCUT2D eigenvalue weighted by atomic mass is 16.5. The number of hydrogen-bond acceptors (Lipinski definition) is 7. The second-order valence-corrected chi connectivity index (χ2v) is 8.79. The Morgan fingerprint density at radius 1 is 1.05 bits per heavy atom. The number of nitrogens with zero attached hydrogens (tertiary/aromatic N) is 2. The minimum Gasteiger partial charge on any atom is -0.507 e. The van der Waals surface area contributed by atoms with E-state index < -0.39 is 23.7 Å². The number of esters is 1. The Kier molecular flexibility index (Phi) is 7.38. The average Bonchev–Trinajstić information content (AvgIpc) is 3.14. The van der Waals surface area contributed by atoms with Crippen molar-refractivity contribution >= 4 is 23.4 Å². The van der Waals surface area contributed by atoms with E-state index in [9.17, 15) is 19.5 Å². The number of aryl methyl sites for hydroxylation is 2. The van der Waals surface area contributed by atoms with Crippen LogP contribution in [0.3, 0.4) is 0 Å². The summed E-state index contributed by atoms with van der Waals surface area (Å²) >= 11 is 0. The molecule has 0 spiro atoms. The maximum absolute atomic E-state index is 13.4. The van der Waals surface area contributed by atoms with E-state index in [1.807, 2.05) is 19.9 Å². The van der Waals surface area contributed by atoms with Crippen LogP contribution in [0.1, 0.15) is 51.1 Å². The Labute approximate surface area is 215 Å². The van der Waals surface area contributed by atoms with E-state index >= 15 is 0 Å². The number of methoxy groups -OCH3 is 1. The molecule has 0 aliphatic carbocycles. The number of Topliss-reactive ketones (excluding diaryl/α,β-unsaturated/α-hetero) is 1. The summed E-state index contributed by atoms with van der Waals surface area (Å²) in [5.41, 5.74) is 3.70. The maximum Gasteiger partial charge on any atom is 0.338 e. The number of aliphatic hydroxyl groups is 1. The highest BCUT2D eigenvalue weighted by Gasteiger charge is 2.46. The topological polar surface area (TPSA) is 106 Å². The van der Waals surface area contributed by atoms with Gasteiger partial charge in [0, 0.05) is 18.9 Å². The first-order chi connectivity index (χ1) is 17.8. The normalized spacial score (nSPS) is 16.6. The third kappa shape index (κ3) is 4.95. The predicted octanol–water partition coefficient (Wildman–Crippen LogP) is 4.51. The van der Waals surface area contributed by atoms with E-state index in [4.69, 9.17) is 9.47 Å². The van der Waals surface area contributed by atoms with Gasteiger partial charge in [0.15, 0.2) is 0 Å². The van der Waals surface area contributed by atoms with E-state index in [1.54, 1.807) is 61.8 Å². The van der Waals surface area contributed by atoms with Crippen LogP contribution in [0.5, 0.6) is 5.75 Å². The maximum atomic E-state index is 13.4. The first-order valence-electron chi connectivity index (χ1n) is 11.9. The molecule has 8 heteroatoms. The van der Waals surface area contributed by atoms with Crippen LogP contribution in [0.2, 0.25) is 0 Å². The van der Waals surface area contributed by atoms with Crippen LogP contribution in [0.4, 0.5) is 0 Å². The molecule has 190 valence electrons. The summed E-state index contributed by atoms with van der Waals surface area (Å²) < 4.78 is 10.6. The number of rotatable bonds is 7. The molecule has 2 heterocycles. The van der Waals surface area contributed by atoms with Gasteiger partial charge in [0.25, 0.3) is 11.7 Å². The average molecular weight is 501 g/mol. The molecule has 1 atom stereocenters. The summed E-state index contributed by atoms with van der Waals surface area (Å²) in [6, 6.07) is 12.9. The zero-order chi connectivity index (χ0) is 26.7. The molecule has 1 unspecified atom stereocenters.